The van der Waals surface area contributed by atoms with Gasteiger partial charge in [-0.1, -0.05) is 0 Å². The number of halogens is 1. The number of hydrogen-bond donors (Lipinski definition) is 1. The van der Waals surface area contributed by atoms with Crippen LogP contribution < -0.4 is 5.32 Å². The Hall–Kier alpha value is -0.990. The number of nitrogens with one attached hydrogen (secondary N) is 1. The molecule has 0 unspecified atom stereocenters. The summed E-state index contributed by atoms with van der Waals surface area (Å²) in [6.45, 7) is 0.115. The molecule has 2 amide bonds. The number of carbonyl (C=O) groups excluding carboxylic acids is 2. The summed E-state index contributed by atoms with van der Waals surface area (Å²) in [5.41, 5.74) is 0.176. The molecule has 0 saturated carbocycles. The van der Waals surface area contributed by atoms with E-state index in [1.807, 2.05) is 0 Å². The molecule has 0 radical (unpaired) electrons. The second-order valence-electron chi connectivity index (χ2n) is 1.53. The fourth-order valence-electron chi connectivity index (χ4n) is 0.498. The summed E-state index contributed by atoms with van der Waals surface area (Å²) in [6.07, 6.45) is 0. The Bertz CT molecular complexity index is 197. The third-order valence-corrected chi connectivity index (χ3v) is 1.17. The summed E-state index contributed by atoms with van der Waals surface area (Å²) in [5.74, 6) is 1.53. The number of rotatable bonds is 0. The Kier molecular flexibility index (Phi) is 1.42. The minimum Gasteiger partial charge on any atom is -0.299 e. The number of carbonyl (C=O) groups is 1. The van der Waals surface area contributed by atoms with E-state index in [4.69, 9.17) is 11.8 Å². The summed E-state index contributed by atoms with van der Waals surface area (Å²) in [5, 5.41) is 2.20. The van der Waals surface area contributed by atoms with Crippen LogP contribution in [0.4, 0.5) is 4.79 Å². The van der Waals surface area contributed by atoms with Gasteiger partial charge < -0.3 is 0 Å². The van der Waals surface area contributed by atoms with Crippen molar-refractivity contribution in [3.8, 4) is 0 Å². The maximum Gasteiger partial charge on any atom is 0.337 e. The van der Waals surface area contributed by atoms with Crippen molar-refractivity contribution in [2.75, 3.05) is 6.54 Å². The van der Waals surface area contributed by atoms with Crippen molar-refractivity contribution in [2.24, 2.45) is 0 Å². The van der Waals surface area contributed by atoms with Gasteiger partial charge in [-0.05, 0) is 0 Å². The molecule has 1 aliphatic heterocycles. The topological polar surface area (TPSA) is 49.4 Å². The molecule has 48 valence electrons. The normalized spacial score (nSPS) is 17.7. The van der Waals surface area contributed by atoms with Crippen LogP contribution in [0.2, 0.25) is 0 Å². The van der Waals surface area contributed by atoms with Crippen LogP contribution in [0.1, 0.15) is 0 Å². The molecule has 0 spiro atoms. The van der Waals surface area contributed by atoms with Gasteiger partial charge in [0.1, 0.15) is 11.6 Å². The lowest BCUT2D eigenvalue weighted by atomic mass is 10.5. The second kappa shape index (κ2) is 2.09. The quantitative estimate of drug-likeness (QED) is 0.383. The molecule has 1 heterocycles. The lowest BCUT2D eigenvalue weighted by Crippen LogP contribution is -2.18. The molecular formula is C4H3ClN2O2. The maximum absolute atomic E-state index is 10.4. The first kappa shape index (κ1) is 6.13. The first-order valence-corrected chi connectivity index (χ1v) is 2.56. The Morgan fingerprint density at radius 1 is 1.78 bits per heavy atom. The van der Waals surface area contributed by atoms with E-state index in [1.165, 1.54) is 5.94 Å². The summed E-state index contributed by atoms with van der Waals surface area (Å²) >= 11 is 5.26. The van der Waals surface area contributed by atoms with E-state index >= 15 is 0 Å². The molecule has 1 N–H and O–H groups in total. The Balaban J connectivity index is 2.76. The van der Waals surface area contributed by atoms with Crippen molar-refractivity contribution in [1.29, 1.82) is 0 Å². The molecule has 4 nitrogen and oxygen atoms in total. The summed E-state index contributed by atoms with van der Waals surface area (Å²) < 4.78 is 0.875. The molecule has 0 atom stereocenters. The zero-order valence-electron chi connectivity index (χ0n) is 4.35. The van der Waals surface area contributed by atoms with Gasteiger partial charge in [0.25, 0.3) is 0 Å². The van der Waals surface area contributed by atoms with E-state index in [-0.39, 0.29) is 12.2 Å². The van der Waals surface area contributed by atoms with Gasteiger partial charge in [0, 0.05) is 11.8 Å². The molecule has 1 fully saturated rings. The highest BCUT2D eigenvalue weighted by molar-refractivity contribution is 6.22. The SMILES string of the molecule is O=C=C1CN(Cl)C(=O)N1. The van der Waals surface area contributed by atoms with Crippen LogP contribution in [0.5, 0.6) is 0 Å². The molecule has 0 aromatic heterocycles. The van der Waals surface area contributed by atoms with Crippen molar-refractivity contribution in [3.63, 3.8) is 0 Å². The molecule has 1 aliphatic rings. The van der Waals surface area contributed by atoms with Gasteiger partial charge in [-0.15, -0.1) is 0 Å². The first-order chi connectivity index (χ1) is 4.24. The maximum atomic E-state index is 10.4. The van der Waals surface area contributed by atoms with Gasteiger partial charge in [0.2, 0.25) is 0 Å². The Morgan fingerprint density at radius 3 is 2.67 bits per heavy atom. The van der Waals surface area contributed by atoms with E-state index in [0.717, 1.165) is 4.42 Å². The van der Waals surface area contributed by atoms with Crippen LogP contribution >= 0.6 is 11.8 Å². The molecule has 1 saturated heterocycles. The number of nitrogens with zero attached hydrogens (tertiary/aromatic N) is 1. The third-order valence-electron chi connectivity index (χ3n) is 0.898. The zero-order chi connectivity index (χ0) is 6.85. The molecule has 0 aliphatic carbocycles. The highest BCUT2D eigenvalue weighted by Crippen LogP contribution is 2.05. The lowest BCUT2D eigenvalue weighted by molar-refractivity contribution is 0.237. The smallest absolute Gasteiger partial charge is 0.299 e. The van der Waals surface area contributed by atoms with Crippen molar-refractivity contribution < 1.29 is 9.59 Å². The first-order valence-electron chi connectivity index (χ1n) is 2.22. The van der Waals surface area contributed by atoms with Crippen LogP contribution in [0.25, 0.3) is 0 Å². The molecule has 0 bridgehead atoms. The third kappa shape index (κ3) is 1.04. The van der Waals surface area contributed by atoms with Gasteiger partial charge >= 0.3 is 6.03 Å². The molecule has 0 aromatic rings. The zero-order valence-corrected chi connectivity index (χ0v) is 5.10. The van der Waals surface area contributed by atoms with Crippen LogP contribution in [-0.4, -0.2) is 22.9 Å². The lowest BCUT2D eigenvalue weighted by Gasteiger charge is -1.95. The molecule has 5 heteroatoms. The van der Waals surface area contributed by atoms with Gasteiger partial charge in [-0.2, -0.15) is 0 Å². The van der Waals surface area contributed by atoms with Crippen LogP contribution in [0.3, 0.4) is 0 Å². The Labute approximate surface area is 56.2 Å². The van der Waals surface area contributed by atoms with Crippen LogP contribution in [0.15, 0.2) is 5.70 Å². The summed E-state index contributed by atoms with van der Waals surface area (Å²) in [7, 11) is 0. The van der Waals surface area contributed by atoms with E-state index in [2.05, 4.69) is 5.32 Å². The largest absolute Gasteiger partial charge is 0.337 e. The number of hydrogen-bond acceptors (Lipinski definition) is 2. The highest BCUT2D eigenvalue weighted by Gasteiger charge is 2.22. The minimum absolute atomic E-state index is 0.115. The average molecular weight is 147 g/mol. The monoisotopic (exact) mass is 146 g/mol. The minimum atomic E-state index is -0.477. The number of urea groups is 1. The molecule has 0 aromatic carbocycles. The number of amides is 2. The van der Waals surface area contributed by atoms with Gasteiger partial charge in [0.05, 0.1) is 6.54 Å². The Morgan fingerprint density at radius 2 is 2.44 bits per heavy atom. The standard InChI is InChI=1S/C4H3ClN2O2/c5-7-1-3(2-8)6-4(7)9/h1H2,(H,6,9). The van der Waals surface area contributed by atoms with Gasteiger partial charge in [-0.25, -0.2) is 14.0 Å². The predicted molar refractivity (Wildman–Crippen MR) is 30.3 cm³/mol. The van der Waals surface area contributed by atoms with E-state index in [9.17, 15) is 9.59 Å². The van der Waals surface area contributed by atoms with Crippen LogP contribution in [-0.2, 0) is 4.79 Å². The van der Waals surface area contributed by atoms with Crippen LogP contribution in [0, 0.1) is 0 Å². The molecular weight excluding hydrogens is 144 g/mol. The average Bonchev–Trinajstić information content (AvgIpc) is 2.13. The fraction of sp³-hybridized carbons (Fsp3) is 0.250. The predicted octanol–water partition coefficient (Wildman–Crippen LogP) is -0.119. The second-order valence-corrected chi connectivity index (χ2v) is 1.94. The van der Waals surface area contributed by atoms with Crippen molar-refractivity contribution in [3.05, 3.63) is 5.70 Å². The fourth-order valence-corrected chi connectivity index (χ4v) is 0.659. The van der Waals surface area contributed by atoms with E-state index < -0.39 is 6.03 Å². The van der Waals surface area contributed by atoms with Crippen molar-refractivity contribution in [2.45, 2.75) is 0 Å². The summed E-state index contributed by atoms with van der Waals surface area (Å²) in [6, 6.07) is -0.477. The summed E-state index contributed by atoms with van der Waals surface area (Å²) in [4.78, 5) is 20.3. The molecule has 1 rings (SSSR count). The highest BCUT2D eigenvalue weighted by atomic mass is 35.5. The van der Waals surface area contributed by atoms with Crippen molar-refractivity contribution in [1.82, 2.24) is 9.74 Å². The van der Waals surface area contributed by atoms with E-state index in [1.54, 1.807) is 0 Å². The van der Waals surface area contributed by atoms with Gasteiger partial charge in [0.15, 0.2) is 0 Å². The molecule has 9 heavy (non-hydrogen) atoms. The van der Waals surface area contributed by atoms with Gasteiger partial charge in [-0.3, -0.25) is 5.32 Å². The van der Waals surface area contributed by atoms with Crippen molar-refractivity contribution >= 4 is 23.7 Å². The van der Waals surface area contributed by atoms with E-state index in [0.29, 0.717) is 0 Å².